The summed E-state index contributed by atoms with van der Waals surface area (Å²) in [6.07, 6.45) is 4.93. The van der Waals surface area contributed by atoms with Crippen LogP contribution in [0.3, 0.4) is 0 Å². The molecule has 122 valence electrons. The smallest absolute Gasteiger partial charge is 0.230 e. The Labute approximate surface area is 136 Å². The van der Waals surface area contributed by atoms with Gasteiger partial charge in [-0.2, -0.15) is 0 Å². The molecule has 1 heterocycles. The van der Waals surface area contributed by atoms with Crippen LogP contribution in [-0.2, 0) is 4.79 Å². The molecule has 1 atom stereocenters. The van der Waals surface area contributed by atoms with E-state index in [0.717, 1.165) is 24.4 Å². The number of piperidine rings is 1. The molecule has 0 unspecified atom stereocenters. The molecule has 5 heteroatoms. The summed E-state index contributed by atoms with van der Waals surface area (Å²) in [5.74, 6) is 0.174. The van der Waals surface area contributed by atoms with Gasteiger partial charge in [0.1, 0.15) is 5.82 Å². The molecule has 1 N–H and O–H groups in total. The van der Waals surface area contributed by atoms with Crippen molar-refractivity contribution in [1.82, 2.24) is 10.2 Å². The average molecular weight is 324 g/mol. The molecular weight excluding hydrogens is 299 g/mol. The molecule has 1 saturated heterocycles. The molecule has 2 rings (SSSR count). The maximum absolute atomic E-state index is 12.8. The van der Waals surface area contributed by atoms with Crippen molar-refractivity contribution >= 4 is 17.7 Å². The summed E-state index contributed by atoms with van der Waals surface area (Å²) in [7, 11) is 0. The van der Waals surface area contributed by atoms with Crippen LogP contribution in [0.2, 0.25) is 0 Å². The number of thioether (sulfide) groups is 1. The van der Waals surface area contributed by atoms with Gasteiger partial charge in [-0.1, -0.05) is 6.42 Å². The summed E-state index contributed by atoms with van der Waals surface area (Å²) < 4.78 is 12.8. The Morgan fingerprint density at radius 1 is 1.36 bits per heavy atom. The first-order valence-corrected chi connectivity index (χ1v) is 9.03. The zero-order valence-electron chi connectivity index (χ0n) is 13.2. The number of rotatable bonds is 7. The zero-order chi connectivity index (χ0) is 15.8. The maximum Gasteiger partial charge on any atom is 0.230 e. The molecular formula is C17H25FN2OS. The fraction of sp³-hybridized carbons (Fsp3) is 0.588. The second-order valence-electron chi connectivity index (χ2n) is 5.83. The largest absolute Gasteiger partial charge is 0.355 e. The minimum Gasteiger partial charge on any atom is -0.355 e. The molecule has 0 aliphatic carbocycles. The van der Waals surface area contributed by atoms with E-state index >= 15 is 0 Å². The van der Waals surface area contributed by atoms with E-state index in [0.29, 0.717) is 11.8 Å². The van der Waals surface area contributed by atoms with Gasteiger partial charge < -0.3 is 10.2 Å². The Morgan fingerprint density at radius 3 is 2.86 bits per heavy atom. The molecule has 1 aliphatic heterocycles. The van der Waals surface area contributed by atoms with Crippen LogP contribution in [0.15, 0.2) is 29.2 Å². The molecule has 0 saturated carbocycles. The number of benzene rings is 1. The van der Waals surface area contributed by atoms with Crippen molar-refractivity contribution in [2.24, 2.45) is 0 Å². The Morgan fingerprint density at radius 2 is 2.14 bits per heavy atom. The van der Waals surface area contributed by atoms with E-state index in [-0.39, 0.29) is 11.7 Å². The predicted octanol–water partition coefficient (Wildman–Crippen LogP) is 3.30. The fourth-order valence-corrected chi connectivity index (χ4v) is 3.46. The van der Waals surface area contributed by atoms with Crippen LogP contribution >= 0.6 is 11.8 Å². The van der Waals surface area contributed by atoms with Gasteiger partial charge in [-0.05, 0) is 57.0 Å². The quantitative estimate of drug-likeness (QED) is 0.617. The van der Waals surface area contributed by atoms with Crippen molar-refractivity contribution < 1.29 is 9.18 Å². The van der Waals surface area contributed by atoms with E-state index in [1.807, 2.05) is 0 Å². The van der Waals surface area contributed by atoms with Crippen molar-refractivity contribution in [1.29, 1.82) is 0 Å². The third-order valence-corrected chi connectivity index (χ3v) is 5.08. The highest BCUT2D eigenvalue weighted by molar-refractivity contribution is 8.00. The Balaban J connectivity index is 1.56. The van der Waals surface area contributed by atoms with Crippen LogP contribution in [0.5, 0.6) is 0 Å². The van der Waals surface area contributed by atoms with Crippen LogP contribution in [0.1, 0.15) is 32.6 Å². The topological polar surface area (TPSA) is 32.3 Å². The van der Waals surface area contributed by atoms with Gasteiger partial charge in [0.2, 0.25) is 5.91 Å². The molecule has 1 fully saturated rings. The standard InChI is InChI=1S/C17H25FN2OS/c1-14-5-2-3-11-20(14)12-4-10-19-17(21)13-22-16-8-6-15(18)7-9-16/h6-9,14H,2-5,10-13H2,1H3,(H,19,21)/t14-/m1/s1. The van der Waals surface area contributed by atoms with E-state index < -0.39 is 0 Å². The number of amides is 1. The van der Waals surface area contributed by atoms with E-state index in [2.05, 4.69) is 17.1 Å². The highest BCUT2D eigenvalue weighted by atomic mass is 32.2. The monoisotopic (exact) mass is 324 g/mol. The molecule has 3 nitrogen and oxygen atoms in total. The Hall–Kier alpha value is -1.07. The number of nitrogens with one attached hydrogen (secondary N) is 1. The van der Waals surface area contributed by atoms with Crippen molar-refractivity contribution in [2.45, 2.75) is 43.5 Å². The van der Waals surface area contributed by atoms with Gasteiger partial charge in [0.15, 0.2) is 0 Å². The predicted molar refractivity (Wildman–Crippen MR) is 89.6 cm³/mol. The molecule has 1 amide bonds. The van der Waals surface area contributed by atoms with Gasteiger partial charge in [-0.15, -0.1) is 11.8 Å². The highest BCUT2D eigenvalue weighted by Gasteiger charge is 2.17. The summed E-state index contributed by atoms with van der Waals surface area (Å²) in [4.78, 5) is 15.2. The van der Waals surface area contributed by atoms with Crippen molar-refractivity contribution in [2.75, 3.05) is 25.4 Å². The van der Waals surface area contributed by atoms with E-state index in [4.69, 9.17) is 0 Å². The molecule has 0 bridgehead atoms. The first-order valence-electron chi connectivity index (χ1n) is 8.04. The first kappa shape index (κ1) is 17.3. The molecule has 1 aliphatic rings. The van der Waals surface area contributed by atoms with E-state index in [9.17, 15) is 9.18 Å². The Kier molecular flexibility index (Phi) is 7.19. The van der Waals surface area contributed by atoms with Crippen molar-refractivity contribution in [3.05, 3.63) is 30.1 Å². The molecule has 22 heavy (non-hydrogen) atoms. The van der Waals surface area contributed by atoms with Gasteiger partial charge in [0, 0.05) is 24.0 Å². The lowest BCUT2D eigenvalue weighted by atomic mass is 10.0. The normalized spacial score (nSPS) is 19.1. The fourth-order valence-electron chi connectivity index (χ4n) is 2.73. The van der Waals surface area contributed by atoms with Gasteiger partial charge in [-0.3, -0.25) is 4.79 Å². The van der Waals surface area contributed by atoms with Crippen molar-refractivity contribution in [3.8, 4) is 0 Å². The minimum absolute atomic E-state index is 0.0426. The third kappa shape index (κ3) is 5.97. The lowest BCUT2D eigenvalue weighted by Gasteiger charge is -2.33. The third-order valence-electron chi connectivity index (χ3n) is 4.07. The van der Waals surface area contributed by atoms with Crippen LogP contribution in [0, 0.1) is 5.82 Å². The van der Waals surface area contributed by atoms with Gasteiger partial charge >= 0.3 is 0 Å². The number of nitrogens with zero attached hydrogens (tertiary/aromatic N) is 1. The number of carbonyl (C=O) groups is 1. The summed E-state index contributed by atoms with van der Waals surface area (Å²) in [5.41, 5.74) is 0. The van der Waals surface area contributed by atoms with E-state index in [1.165, 1.54) is 49.7 Å². The molecule has 1 aromatic rings. The lowest BCUT2D eigenvalue weighted by Crippen LogP contribution is -2.39. The number of halogens is 1. The molecule has 0 spiro atoms. The van der Waals surface area contributed by atoms with Crippen LogP contribution in [-0.4, -0.2) is 42.2 Å². The van der Waals surface area contributed by atoms with Gasteiger partial charge in [-0.25, -0.2) is 4.39 Å². The number of carbonyl (C=O) groups excluding carboxylic acids is 1. The first-order chi connectivity index (χ1) is 10.6. The summed E-state index contributed by atoms with van der Waals surface area (Å²) >= 11 is 1.43. The number of likely N-dealkylation sites (tertiary alicyclic amines) is 1. The van der Waals surface area contributed by atoms with E-state index in [1.54, 1.807) is 12.1 Å². The van der Waals surface area contributed by atoms with Gasteiger partial charge in [0.05, 0.1) is 5.75 Å². The summed E-state index contributed by atoms with van der Waals surface area (Å²) in [5, 5.41) is 2.96. The molecule has 0 radical (unpaired) electrons. The summed E-state index contributed by atoms with van der Waals surface area (Å²) in [6, 6.07) is 6.91. The average Bonchev–Trinajstić information content (AvgIpc) is 2.52. The van der Waals surface area contributed by atoms with Crippen LogP contribution in [0.4, 0.5) is 4.39 Å². The zero-order valence-corrected chi connectivity index (χ0v) is 14.0. The van der Waals surface area contributed by atoms with Crippen molar-refractivity contribution in [3.63, 3.8) is 0 Å². The maximum atomic E-state index is 12.8. The Bertz CT molecular complexity index is 466. The number of hydrogen-bond acceptors (Lipinski definition) is 3. The second kappa shape index (κ2) is 9.16. The second-order valence-corrected chi connectivity index (χ2v) is 6.88. The summed E-state index contributed by atoms with van der Waals surface area (Å²) in [6.45, 7) is 5.27. The van der Waals surface area contributed by atoms with Crippen LogP contribution in [0.25, 0.3) is 0 Å². The minimum atomic E-state index is -0.249. The lowest BCUT2D eigenvalue weighted by molar-refractivity contribution is -0.118. The highest BCUT2D eigenvalue weighted by Crippen LogP contribution is 2.18. The SMILES string of the molecule is C[C@@H]1CCCCN1CCCNC(=O)CSc1ccc(F)cc1. The van der Waals surface area contributed by atoms with Gasteiger partial charge in [0.25, 0.3) is 0 Å². The number of hydrogen-bond donors (Lipinski definition) is 1. The molecule has 0 aromatic heterocycles. The molecule has 1 aromatic carbocycles. The van der Waals surface area contributed by atoms with Crippen LogP contribution < -0.4 is 5.32 Å².